The van der Waals surface area contributed by atoms with E-state index in [1.165, 1.54) is 0 Å². The summed E-state index contributed by atoms with van der Waals surface area (Å²) in [6.45, 7) is 3.61. The molecular formula is C18H16ClN3O2. The first-order valence-electron chi connectivity index (χ1n) is 7.40. The number of hydrazine groups is 1. The lowest BCUT2D eigenvalue weighted by Crippen LogP contribution is -2.30. The van der Waals surface area contributed by atoms with Crippen LogP contribution in [0, 0.1) is 13.8 Å². The molecule has 0 atom stereocenters. The lowest BCUT2D eigenvalue weighted by molar-refractivity contribution is 0.0961. The summed E-state index contributed by atoms with van der Waals surface area (Å²) in [5.41, 5.74) is 9.02. The van der Waals surface area contributed by atoms with Crippen LogP contribution in [0.25, 0.3) is 11.3 Å². The lowest BCUT2D eigenvalue weighted by Gasteiger charge is -2.11. The van der Waals surface area contributed by atoms with E-state index < -0.39 is 0 Å². The van der Waals surface area contributed by atoms with E-state index in [-0.39, 0.29) is 5.91 Å². The van der Waals surface area contributed by atoms with Crippen LogP contribution in [0.2, 0.25) is 5.02 Å². The lowest BCUT2D eigenvalue weighted by atomic mass is 10.1. The largest absolute Gasteiger partial charge is 0.360 e. The van der Waals surface area contributed by atoms with Gasteiger partial charge < -0.3 is 4.52 Å². The molecule has 0 saturated carbocycles. The minimum Gasteiger partial charge on any atom is -0.360 e. The van der Waals surface area contributed by atoms with Gasteiger partial charge in [0.05, 0.1) is 5.69 Å². The predicted molar refractivity (Wildman–Crippen MR) is 94.0 cm³/mol. The second-order valence-electron chi connectivity index (χ2n) is 5.37. The van der Waals surface area contributed by atoms with E-state index in [1.54, 1.807) is 19.1 Å². The van der Waals surface area contributed by atoms with Crippen LogP contribution in [-0.2, 0) is 0 Å². The van der Waals surface area contributed by atoms with Crippen LogP contribution in [0.3, 0.4) is 0 Å². The van der Waals surface area contributed by atoms with Gasteiger partial charge in [-0.1, -0.05) is 47.1 Å². The van der Waals surface area contributed by atoms with Crippen molar-refractivity contribution in [1.29, 1.82) is 0 Å². The van der Waals surface area contributed by atoms with E-state index in [0.717, 1.165) is 16.8 Å². The first-order valence-corrected chi connectivity index (χ1v) is 7.78. The SMILES string of the molecule is Cc1cc(Cl)ccc1NNC(=O)c1c(-c2ccccc2)noc1C. The average molecular weight is 342 g/mol. The average Bonchev–Trinajstić information content (AvgIpc) is 2.96. The Morgan fingerprint density at radius 1 is 1.12 bits per heavy atom. The Balaban J connectivity index is 1.82. The molecule has 2 aromatic carbocycles. The van der Waals surface area contributed by atoms with Gasteiger partial charge in [-0.05, 0) is 37.6 Å². The van der Waals surface area contributed by atoms with Crippen LogP contribution in [-0.4, -0.2) is 11.1 Å². The Morgan fingerprint density at radius 2 is 1.88 bits per heavy atom. The fourth-order valence-corrected chi connectivity index (χ4v) is 2.61. The third kappa shape index (κ3) is 3.26. The van der Waals surface area contributed by atoms with Crippen molar-refractivity contribution in [1.82, 2.24) is 10.6 Å². The van der Waals surface area contributed by atoms with Gasteiger partial charge in [0, 0.05) is 10.6 Å². The van der Waals surface area contributed by atoms with Crippen LogP contribution in [0.4, 0.5) is 5.69 Å². The summed E-state index contributed by atoms with van der Waals surface area (Å²) in [5.74, 6) is 0.142. The van der Waals surface area contributed by atoms with Crippen LogP contribution in [0.1, 0.15) is 21.7 Å². The summed E-state index contributed by atoms with van der Waals surface area (Å²) >= 11 is 5.93. The number of rotatable bonds is 4. The normalized spacial score (nSPS) is 10.5. The van der Waals surface area contributed by atoms with Crippen molar-refractivity contribution in [2.45, 2.75) is 13.8 Å². The van der Waals surface area contributed by atoms with Gasteiger partial charge in [0.25, 0.3) is 5.91 Å². The molecule has 0 aliphatic rings. The predicted octanol–water partition coefficient (Wildman–Crippen LogP) is 4.37. The van der Waals surface area contributed by atoms with Gasteiger partial charge in [-0.15, -0.1) is 0 Å². The molecule has 0 aliphatic heterocycles. The molecule has 0 bridgehead atoms. The molecule has 24 heavy (non-hydrogen) atoms. The van der Waals surface area contributed by atoms with Crippen molar-refractivity contribution in [3.63, 3.8) is 0 Å². The van der Waals surface area contributed by atoms with E-state index in [0.29, 0.717) is 22.0 Å². The highest BCUT2D eigenvalue weighted by Crippen LogP contribution is 2.25. The maximum Gasteiger partial charge on any atom is 0.275 e. The van der Waals surface area contributed by atoms with E-state index >= 15 is 0 Å². The summed E-state index contributed by atoms with van der Waals surface area (Å²) in [7, 11) is 0. The zero-order valence-corrected chi connectivity index (χ0v) is 14.0. The first kappa shape index (κ1) is 16.1. The summed E-state index contributed by atoms with van der Waals surface area (Å²) in [4.78, 5) is 12.6. The Kier molecular flexibility index (Phi) is 4.53. The fraction of sp³-hybridized carbons (Fsp3) is 0.111. The minimum atomic E-state index is -0.318. The molecule has 5 nitrogen and oxygen atoms in total. The zero-order valence-electron chi connectivity index (χ0n) is 13.3. The molecule has 1 heterocycles. The maximum absolute atomic E-state index is 12.6. The molecule has 1 amide bonds. The number of benzene rings is 2. The van der Waals surface area contributed by atoms with Gasteiger partial charge in [-0.25, -0.2) is 0 Å². The molecule has 0 unspecified atom stereocenters. The number of amides is 1. The monoisotopic (exact) mass is 341 g/mol. The smallest absolute Gasteiger partial charge is 0.275 e. The molecule has 2 N–H and O–H groups in total. The quantitative estimate of drug-likeness (QED) is 0.691. The Bertz CT molecular complexity index is 875. The summed E-state index contributed by atoms with van der Waals surface area (Å²) in [6.07, 6.45) is 0. The second-order valence-corrected chi connectivity index (χ2v) is 5.80. The molecule has 3 aromatic rings. The summed E-state index contributed by atoms with van der Waals surface area (Å²) < 4.78 is 5.21. The summed E-state index contributed by atoms with van der Waals surface area (Å²) in [5, 5.41) is 4.65. The first-order chi connectivity index (χ1) is 11.6. The highest BCUT2D eigenvalue weighted by molar-refractivity contribution is 6.30. The number of hydrogen-bond acceptors (Lipinski definition) is 4. The van der Waals surface area contributed by atoms with Crippen molar-refractivity contribution in [3.8, 4) is 11.3 Å². The molecule has 122 valence electrons. The number of anilines is 1. The number of carbonyl (C=O) groups is 1. The Morgan fingerprint density at radius 3 is 2.58 bits per heavy atom. The van der Waals surface area contributed by atoms with Gasteiger partial charge >= 0.3 is 0 Å². The van der Waals surface area contributed by atoms with Gasteiger partial charge in [0.15, 0.2) is 0 Å². The Labute approximate surface area is 144 Å². The van der Waals surface area contributed by atoms with Crippen molar-refractivity contribution >= 4 is 23.2 Å². The van der Waals surface area contributed by atoms with Crippen LogP contribution in [0.15, 0.2) is 53.1 Å². The second kappa shape index (κ2) is 6.76. The Hall–Kier alpha value is -2.79. The minimum absolute atomic E-state index is 0.318. The highest BCUT2D eigenvalue weighted by Gasteiger charge is 2.21. The molecule has 0 spiro atoms. The third-order valence-corrected chi connectivity index (χ3v) is 3.87. The topological polar surface area (TPSA) is 67.2 Å². The number of carbonyl (C=O) groups excluding carboxylic acids is 1. The molecule has 3 rings (SSSR count). The molecular weight excluding hydrogens is 326 g/mol. The van der Waals surface area contributed by atoms with Crippen molar-refractivity contribution in [2.75, 3.05) is 5.43 Å². The molecule has 0 fully saturated rings. The standard InChI is InChI=1S/C18H16ClN3O2/c1-11-10-14(19)8-9-15(11)20-21-18(23)16-12(2)24-22-17(16)13-6-4-3-5-7-13/h3-10,20H,1-2H3,(H,21,23). The van der Waals surface area contributed by atoms with E-state index in [1.807, 2.05) is 43.3 Å². The van der Waals surface area contributed by atoms with Crippen molar-refractivity contribution in [2.24, 2.45) is 0 Å². The number of aryl methyl sites for hydroxylation is 2. The van der Waals surface area contributed by atoms with E-state index in [4.69, 9.17) is 16.1 Å². The molecule has 6 heteroatoms. The van der Waals surface area contributed by atoms with Crippen LogP contribution < -0.4 is 10.9 Å². The van der Waals surface area contributed by atoms with Crippen LogP contribution in [0.5, 0.6) is 0 Å². The molecule has 1 aromatic heterocycles. The molecule has 0 aliphatic carbocycles. The fourth-order valence-electron chi connectivity index (χ4n) is 2.39. The summed E-state index contributed by atoms with van der Waals surface area (Å²) in [6, 6.07) is 14.8. The van der Waals surface area contributed by atoms with Gasteiger partial charge in [-0.3, -0.25) is 15.6 Å². The number of aromatic nitrogens is 1. The zero-order chi connectivity index (χ0) is 17.1. The van der Waals surface area contributed by atoms with Gasteiger partial charge in [0.1, 0.15) is 17.0 Å². The number of nitrogens with one attached hydrogen (secondary N) is 2. The van der Waals surface area contributed by atoms with E-state index in [2.05, 4.69) is 16.0 Å². The van der Waals surface area contributed by atoms with Crippen LogP contribution >= 0.6 is 11.6 Å². The number of halogens is 1. The van der Waals surface area contributed by atoms with Crippen molar-refractivity contribution in [3.05, 3.63) is 70.4 Å². The number of nitrogens with zero attached hydrogens (tertiary/aromatic N) is 1. The number of hydrogen-bond donors (Lipinski definition) is 2. The van der Waals surface area contributed by atoms with E-state index in [9.17, 15) is 4.79 Å². The van der Waals surface area contributed by atoms with Gasteiger partial charge in [-0.2, -0.15) is 0 Å². The van der Waals surface area contributed by atoms with Crippen molar-refractivity contribution < 1.29 is 9.32 Å². The molecule has 0 radical (unpaired) electrons. The molecule has 0 saturated heterocycles. The maximum atomic E-state index is 12.6. The third-order valence-electron chi connectivity index (χ3n) is 3.64. The van der Waals surface area contributed by atoms with Gasteiger partial charge in [0.2, 0.25) is 0 Å². The highest BCUT2D eigenvalue weighted by atomic mass is 35.5.